The maximum Gasteiger partial charge on any atom is 0.416 e. The van der Waals surface area contributed by atoms with Gasteiger partial charge in [0, 0.05) is 33.3 Å². The van der Waals surface area contributed by atoms with Crippen molar-refractivity contribution in [3.63, 3.8) is 0 Å². The third kappa shape index (κ3) is 3.78. The third-order valence-electron chi connectivity index (χ3n) is 3.44. The predicted octanol–water partition coefficient (Wildman–Crippen LogP) is 3.02. The van der Waals surface area contributed by atoms with Crippen LogP contribution in [0.3, 0.4) is 0 Å². The van der Waals surface area contributed by atoms with Crippen molar-refractivity contribution < 1.29 is 23.0 Å². The van der Waals surface area contributed by atoms with Crippen LogP contribution in [0.1, 0.15) is 24.2 Å². The first kappa shape index (κ1) is 16.8. The van der Waals surface area contributed by atoms with E-state index < -0.39 is 11.7 Å². The molecule has 0 fully saturated rings. The number of ether oxygens (including phenoxy) is 1. The summed E-state index contributed by atoms with van der Waals surface area (Å²) in [4.78, 5) is 4.31. The molecule has 0 aliphatic heterocycles. The van der Waals surface area contributed by atoms with Gasteiger partial charge in [-0.15, -0.1) is 0 Å². The molecule has 7 heteroatoms. The lowest BCUT2D eigenvalue weighted by molar-refractivity contribution is -0.137. The minimum atomic E-state index is -4.38. The molecular weight excluding hydrogens is 297 g/mol. The van der Waals surface area contributed by atoms with Crippen molar-refractivity contribution in [1.29, 1.82) is 0 Å². The predicted molar refractivity (Wildman–Crippen MR) is 76.6 cm³/mol. The molecule has 1 heterocycles. The number of rotatable bonds is 7. The Morgan fingerprint density at radius 2 is 2.05 bits per heavy atom. The summed E-state index contributed by atoms with van der Waals surface area (Å²) in [5.41, 5.74) is 0.312. The zero-order valence-corrected chi connectivity index (χ0v) is 12.4. The number of halogens is 3. The van der Waals surface area contributed by atoms with Crippen LogP contribution in [-0.2, 0) is 23.9 Å². The Bertz CT molecular complexity index is 623. The smallest absolute Gasteiger partial charge is 0.396 e. The zero-order chi connectivity index (χ0) is 16.2. The highest BCUT2D eigenvalue weighted by molar-refractivity contribution is 5.77. The fourth-order valence-corrected chi connectivity index (χ4v) is 2.40. The fourth-order valence-electron chi connectivity index (χ4n) is 2.40. The monoisotopic (exact) mass is 316 g/mol. The van der Waals surface area contributed by atoms with Crippen LogP contribution in [0.25, 0.3) is 11.0 Å². The number of alkyl halides is 3. The SMILES string of the molecule is COCCCn1c(CCCO)nc2cc(C(F)(F)F)ccc21. The standard InChI is InChI=1S/C15H19F3N2O2/c1-22-9-3-7-20-13-6-5-11(15(16,17)18)10-12(13)19-14(20)4-2-8-21/h5-6,10,21H,2-4,7-9H2,1H3. The Morgan fingerprint density at radius 3 is 2.68 bits per heavy atom. The van der Waals surface area contributed by atoms with Crippen molar-refractivity contribution in [3.05, 3.63) is 29.6 Å². The maximum atomic E-state index is 12.8. The summed E-state index contributed by atoms with van der Waals surface area (Å²) in [6, 6.07) is 3.61. The number of hydrogen-bond acceptors (Lipinski definition) is 3. The second-order valence-corrected chi connectivity index (χ2v) is 5.05. The van der Waals surface area contributed by atoms with E-state index in [1.165, 1.54) is 6.07 Å². The van der Waals surface area contributed by atoms with Gasteiger partial charge in [0.25, 0.3) is 0 Å². The van der Waals surface area contributed by atoms with Gasteiger partial charge in [0.15, 0.2) is 0 Å². The molecule has 1 aromatic carbocycles. The van der Waals surface area contributed by atoms with Crippen LogP contribution in [0, 0.1) is 0 Å². The van der Waals surface area contributed by atoms with Gasteiger partial charge in [0.05, 0.1) is 16.6 Å². The highest BCUT2D eigenvalue weighted by Crippen LogP contribution is 2.31. The topological polar surface area (TPSA) is 47.3 Å². The molecule has 0 spiro atoms. The molecule has 0 saturated heterocycles. The fraction of sp³-hybridized carbons (Fsp3) is 0.533. The summed E-state index contributed by atoms with van der Waals surface area (Å²) in [5.74, 6) is 0.694. The van der Waals surface area contributed by atoms with Crippen LogP contribution < -0.4 is 0 Å². The number of aliphatic hydroxyl groups is 1. The minimum Gasteiger partial charge on any atom is -0.396 e. The summed E-state index contributed by atoms with van der Waals surface area (Å²) in [7, 11) is 1.61. The molecule has 1 aromatic heterocycles. The lowest BCUT2D eigenvalue weighted by atomic mass is 10.2. The van der Waals surface area contributed by atoms with E-state index in [1.807, 2.05) is 4.57 Å². The summed E-state index contributed by atoms with van der Waals surface area (Å²) < 4.78 is 45.3. The first-order valence-corrected chi connectivity index (χ1v) is 7.13. The zero-order valence-electron chi connectivity index (χ0n) is 12.4. The number of methoxy groups -OCH3 is 1. The third-order valence-corrected chi connectivity index (χ3v) is 3.44. The number of fused-ring (bicyclic) bond motifs is 1. The van der Waals surface area contributed by atoms with Crippen LogP contribution in [0.2, 0.25) is 0 Å². The largest absolute Gasteiger partial charge is 0.416 e. The molecule has 0 aliphatic carbocycles. The van der Waals surface area contributed by atoms with Crippen molar-refractivity contribution in [1.82, 2.24) is 9.55 Å². The maximum absolute atomic E-state index is 12.8. The lowest BCUT2D eigenvalue weighted by Gasteiger charge is -2.09. The summed E-state index contributed by atoms with van der Waals surface area (Å²) in [6.45, 7) is 1.21. The molecule has 0 aliphatic rings. The van der Waals surface area contributed by atoms with Gasteiger partial charge in [-0.25, -0.2) is 4.98 Å². The van der Waals surface area contributed by atoms with E-state index >= 15 is 0 Å². The van der Waals surface area contributed by atoms with Crippen LogP contribution in [-0.4, -0.2) is 35.0 Å². The first-order chi connectivity index (χ1) is 10.5. The molecule has 0 saturated carbocycles. The van der Waals surface area contributed by atoms with Crippen LogP contribution in [0.4, 0.5) is 13.2 Å². The Hall–Kier alpha value is -1.60. The highest BCUT2D eigenvalue weighted by atomic mass is 19.4. The van der Waals surface area contributed by atoms with E-state index in [0.717, 1.165) is 18.6 Å². The highest BCUT2D eigenvalue weighted by Gasteiger charge is 2.31. The van der Waals surface area contributed by atoms with Crippen LogP contribution >= 0.6 is 0 Å². The molecular formula is C15H19F3N2O2. The van der Waals surface area contributed by atoms with Crippen LogP contribution in [0.5, 0.6) is 0 Å². The van der Waals surface area contributed by atoms with Gasteiger partial charge in [-0.1, -0.05) is 0 Å². The van der Waals surface area contributed by atoms with E-state index in [4.69, 9.17) is 9.84 Å². The van der Waals surface area contributed by atoms with Gasteiger partial charge in [-0.2, -0.15) is 13.2 Å². The molecule has 0 radical (unpaired) electrons. The van der Waals surface area contributed by atoms with Gasteiger partial charge in [0.2, 0.25) is 0 Å². The summed E-state index contributed by atoms with van der Waals surface area (Å²) in [5, 5.41) is 8.95. The van der Waals surface area contributed by atoms with Gasteiger partial charge < -0.3 is 14.4 Å². The average molecular weight is 316 g/mol. The molecule has 0 atom stereocenters. The van der Waals surface area contributed by atoms with Gasteiger partial charge in [-0.3, -0.25) is 0 Å². The molecule has 1 N–H and O–H groups in total. The number of benzene rings is 1. The second-order valence-electron chi connectivity index (χ2n) is 5.05. The average Bonchev–Trinajstić information content (AvgIpc) is 2.81. The Morgan fingerprint density at radius 1 is 1.27 bits per heavy atom. The van der Waals surface area contributed by atoms with Gasteiger partial charge in [0.1, 0.15) is 5.82 Å². The molecule has 2 aromatic rings. The molecule has 4 nitrogen and oxygen atoms in total. The van der Waals surface area contributed by atoms with E-state index in [1.54, 1.807) is 7.11 Å². The van der Waals surface area contributed by atoms with Crippen molar-refractivity contribution in [2.45, 2.75) is 32.0 Å². The summed E-state index contributed by atoms with van der Waals surface area (Å²) in [6.07, 6.45) is -2.58. The van der Waals surface area contributed by atoms with E-state index in [-0.39, 0.29) is 6.61 Å². The molecule has 22 heavy (non-hydrogen) atoms. The lowest BCUT2D eigenvalue weighted by Crippen LogP contribution is -2.07. The van der Waals surface area contributed by atoms with Gasteiger partial charge >= 0.3 is 6.18 Å². The molecule has 0 unspecified atom stereocenters. The first-order valence-electron chi connectivity index (χ1n) is 7.13. The van der Waals surface area contributed by atoms with Crippen molar-refractivity contribution in [2.24, 2.45) is 0 Å². The molecule has 0 bridgehead atoms. The second kappa shape index (κ2) is 7.11. The van der Waals surface area contributed by atoms with Gasteiger partial charge in [-0.05, 0) is 31.0 Å². The quantitative estimate of drug-likeness (QED) is 0.799. The Balaban J connectivity index is 2.39. The van der Waals surface area contributed by atoms with E-state index in [0.29, 0.717) is 42.9 Å². The molecule has 122 valence electrons. The number of imidazole rings is 1. The molecule has 2 rings (SSSR count). The minimum absolute atomic E-state index is 0.0229. The van der Waals surface area contributed by atoms with E-state index in [9.17, 15) is 13.2 Å². The number of aryl methyl sites for hydroxylation is 2. The molecule has 0 amide bonds. The van der Waals surface area contributed by atoms with E-state index in [2.05, 4.69) is 4.98 Å². The normalized spacial score (nSPS) is 12.2. The van der Waals surface area contributed by atoms with Crippen LogP contribution in [0.15, 0.2) is 18.2 Å². The van der Waals surface area contributed by atoms with Crippen molar-refractivity contribution in [3.8, 4) is 0 Å². The van der Waals surface area contributed by atoms with Crippen molar-refractivity contribution >= 4 is 11.0 Å². The number of nitrogens with zero attached hydrogens (tertiary/aromatic N) is 2. The summed E-state index contributed by atoms with van der Waals surface area (Å²) >= 11 is 0. The van der Waals surface area contributed by atoms with Crippen molar-refractivity contribution in [2.75, 3.05) is 20.3 Å². The number of aliphatic hydroxyl groups excluding tert-OH is 1. The number of aromatic nitrogens is 2. The Kier molecular flexibility index (Phi) is 5.42. The Labute approximate surface area is 126 Å². The number of hydrogen-bond donors (Lipinski definition) is 1.